The van der Waals surface area contributed by atoms with Gasteiger partial charge in [0.25, 0.3) is 0 Å². The van der Waals surface area contributed by atoms with Gasteiger partial charge in [-0.1, -0.05) is 0 Å². The number of thiazole rings is 1. The lowest BCUT2D eigenvalue weighted by atomic mass is 10.4. The molecule has 0 aliphatic carbocycles. The van der Waals surface area contributed by atoms with Crippen LogP contribution >= 0.6 is 11.3 Å². The van der Waals surface area contributed by atoms with Gasteiger partial charge in [0.15, 0.2) is 5.13 Å². The monoisotopic (exact) mass is 211 g/mol. The van der Waals surface area contributed by atoms with Gasteiger partial charge >= 0.3 is 5.97 Å². The number of anilines is 1. The molecule has 0 saturated heterocycles. The quantitative estimate of drug-likeness (QED) is 0.733. The largest absolute Gasteiger partial charge is 0.481 e. The van der Waals surface area contributed by atoms with Crippen molar-refractivity contribution in [2.24, 2.45) is 0 Å². The van der Waals surface area contributed by atoms with E-state index in [0.29, 0.717) is 11.7 Å². The van der Waals surface area contributed by atoms with Gasteiger partial charge in [0.1, 0.15) is 6.54 Å². The Morgan fingerprint density at radius 1 is 1.79 bits per heavy atom. The van der Waals surface area contributed by atoms with Gasteiger partial charge in [-0.2, -0.15) is 5.26 Å². The highest BCUT2D eigenvalue weighted by atomic mass is 32.1. The van der Waals surface area contributed by atoms with E-state index in [1.54, 1.807) is 16.5 Å². The lowest BCUT2D eigenvalue weighted by Crippen LogP contribution is -2.26. The molecule has 0 fully saturated rings. The van der Waals surface area contributed by atoms with Crippen LogP contribution in [0.5, 0.6) is 0 Å². The number of aromatic nitrogens is 1. The van der Waals surface area contributed by atoms with Gasteiger partial charge < -0.3 is 10.0 Å². The minimum atomic E-state index is -0.871. The van der Waals surface area contributed by atoms with Gasteiger partial charge in [-0.25, -0.2) is 4.98 Å². The van der Waals surface area contributed by atoms with Gasteiger partial charge in [0.2, 0.25) is 0 Å². The van der Waals surface area contributed by atoms with E-state index in [9.17, 15) is 4.79 Å². The van der Waals surface area contributed by atoms with Crippen molar-refractivity contribution in [3.05, 3.63) is 11.6 Å². The molecule has 1 aromatic rings. The van der Waals surface area contributed by atoms with E-state index in [1.165, 1.54) is 11.3 Å². The fourth-order valence-electron chi connectivity index (χ4n) is 0.930. The maximum absolute atomic E-state index is 10.4. The van der Waals surface area contributed by atoms with Crippen molar-refractivity contribution in [2.75, 3.05) is 18.0 Å². The van der Waals surface area contributed by atoms with Crippen LogP contribution in [0.2, 0.25) is 0 Å². The third-order valence-corrected chi connectivity index (χ3v) is 2.38. The first-order chi connectivity index (χ1) is 6.74. The summed E-state index contributed by atoms with van der Waals surface area (Å²) in [5.74, 6) is -0.871. The minimum Gasteiger partial charge on any atom is -0.481 e. The summed E-state index contributed by atoms with van der Waals surface area (Å²) in [6.07, 6.45) is 1.65. The number of rotatable bonds is 5. The molecule has 0 aliphatic heterocycles. The molecule has 0 aromatic carbocycles. The Bertz CT molecular complexity index is 331. The normalized spacial score (nSPS) is 9.36. The average molecular weight is 211 g/mol. The molecule has 14 heavy (non-hydrogen) atoms. The highest BCUT2D eigenvalue weighted by Gasteiger charge is 2.09. The van der Waals surface area contributed by atoms with Crippen molar-refractivity contribution in [1.29, 1.82) is 5.26 Å². The third kappa shape index (κ3) is 3.03. The summed E-state index contributed by atoms with van der Waals surface area (Å²) in [6, 6.07) is 1.98. The van der Waals surface area contributed by atoms with E-state index < -0.39 is 5.97 Å². The van der Waals surface area contributed by atoms with E-state index in [4.69, 9.17) is 10.4 Å². The Morgan fingerprint density at radius 2 is 2.57 bits per heavy atom. The summed E-state index contributed by atoms with van der Waals surface area (Å²) < 4.78 is 0. The lowest BCUT2D eigenvalue weighted by molar-refractivity contribution is -0.136. The smallest absolute Gasteiger partial charge is 0.305 e. The van der Waals surface area contributed by atoms with Crippen LogP contribution in [0.4, 0.5) is 5.13 Å². The van der Waals surface area contributed by atoms with Crippen LogP contribution in [0.15, 0.2) is 11.6 Å². The molecule has 1 heterocycles. The van der Waals surface area contributed by atoms with E-state index in [0.717, 1.165) is 0 Å². The molecule has 0 spiro atoms. The van der Waals surface area contributed by atoms with Crippen molar-refractivity contribution < 1.29 is 9.90 Å². The second-order valence-corrected chi connectivity index (χ2v) is 3.41. The maximum atomic E-state index is 10.4. The van der Waals surface area contributed by atoms with Crippen LogP contribution in [0.25, 0.3) is 0 Å². The van der Waals surface area contributed by atoms with Crippen LogP contribution < -0.4 is 4.90 Å². The Labute approximate surface area is 85.2 Å². The molecule has 0 bridgehead atoms. The molecular weight excluding hydrogens is 202 g/mol. The molecule has 0 saturated carbocycles. The molecule has 0 amide bonds. The van der Waals surface area contributed by atoms with E-state index in [1.807, 2.05) is 6.07 Å². The number of hydrogen-bond acceptors (Lipinski definition) is 5. The molecule has 1 rings (SSSR count). The predicted octanol–water partition coefficient (Wildman–Crippen LogP) is 0.948. The number of hydrogen-bond donors (Lipinski definition) is 1. The summed E-state index contributed by atoms with van der Waals surface area (Å²) in [6.45, 7) is 0.483. The van der Waals surface area contributed by atoms with Crippen molar-refractivity contribution in [1.82, 2.24) is 4.98 Å². The fourth-order valence-corrected chi connectivity index (χ4v) is 1.60. The zero-order chi connectivity index (χ0) is 10.4. The number of aliphatic carboxylic acids is 1. The van der Waals surface area contributed by atoms with Crippen molar-refractivity contribution in [2.45, 2.75) is 6.42 Å². The summed E-state index contributed by atoms with van der Waals surface area (Å²) in [4.78, 5) is 16.0. The van der Waals surface area contributed by atoms with Crippen molar-refractivity contribution in [3.8, 4) is 6.07 Å². The number of nitriles is 1. The second-order valence-electron chi connectivity index (χ2n) is 2.54. The number of carboxylic acids is 1. The van der Waals surface area contributed by atoms with Gasteiger partial charge in [-0.3, -0.25) is 4.79 Å². The number of carbonyl (C=O) groups is 1. The molecule has 6 heteroatoms. The highest BCUT2D eigenvalue weighted by Crippen LogP contribution is 2.16. The van der Waals surface area contributed by atoms with Gasteiger partial charge in [-0.05, 0) is 0 Å². The highest BCUT2D eigenvalue weighted by molar-refractivity contribution is 7.13. The van der Waals surface area contributed by atoms with Crippen LogP contribution in [-0.2, 0) is 4.79 Å². The lowest BCUT2D eigenvalue weighted by Gasteiger charge is -2.16. The molecule has 5 nitrogen and oxygen atoms in total. The minimum absolute atomic E-state index is 0.0151. The first kappa shape index (κ1) is 10.5. The molecule has 0 unspecified atom stereocenters. The van der Waals surface area contributed by atoms with Crippen LogP contribution in [0.1, 0.15) is 6.42 Å². The first-order valence-electron chi connectivity index (χ1n) is 3.97. The summed E-state index contributed by atoms with van der Waals surface area (Å²) >= 11 is 1.39. The fraction of sp³-hybridized carbons (Fsp3) is 0.375. The zero-order valence-electron chi connectivity index (χ0n) is 7.38. The summed E-state index contributed by atoms with van der Waals surface area (Å²) in [5, 5.41) is 19.5. The predicted molar refractivity (Wildman–Crippen MR) is 52.2 cm³/mol. The van der Waals surface area contributed by atoms with Crippen LogP contribution in [-0.4, -0.2) is 29.1 Å². The SMILES string of the molecule is N#CCN(CCC(=O)O)c1nccs1. The van der Waals surface area contributed by atoms with E-state index in [2.05, 4.69) is 4.98 Å². The molecule has 1 N–H and O–H groups in total. The Morgan fingerprint density at radius 3 is 3.07 bits per heavy atom. The zero-order valence-corrected chi connectivity index (χ0v) is 8.20. The molecule has 0 radical (unpaired) electrons. The number of carboxylic acid groups (broad SMARTS) is 1. The third-order valence-electron chi connectivity index (χ3n) is 1.55. The molecule has 0 aliphatic rings. The van der Waals surface area contributed by atoms with Crippen molar-refractivity contribution in [3.63, 3.8) is 0 Å². The number of nitrogens with zero attached hydrogens (tertiary/aromatic N) is 3. The molecule has 0 atom stereocenters. The maximum Gasteiger partial charge on any atom is 0.305 e. The standard InChI is InChI=1S/C8H9N3O2S/c9-2-5-11(4-1-7(12)13)8-10-3-6-14-8/h3,6H,1,4-5H2,(H,12,13). The topological polar surface area (TPSA) is 77.2 Å². The van der Waals surface area contributed by atoms with Crippen LogP contribution in [0, 0.1) is 11.3 Å². The van der Waals surface area contributed by atoms with Crippen LogP contribution in [0.3, 0.4) is 0 Å². The Balaban J connectivity index is 2.57. The summed E-state index contributed by atoms with van der Waals surface area (Å²) in [5.41, 5.74) is 0. The van der Waals surface area contributed by atoms with Gasteiger partial charge in [-0.15, -0.1) is 11.3 Å². The van der Waals surface area contributed by atoms with E-state index >= 15 is 0 Å². The van der Waals surface area contributed by atoms with Gasteiger partial charge in [0.05, 0.1) is 12.5 Å². The molecular formula is C8H9N3O2S. The Kier molecular flexibility index (Phi) is 3.88. The molecule has 74 valence electrons. The van der Waals surface area contributed by atoms with Gasteiger partial charge in [0, 0.05) is 18.1 Å². The molecule has 1 aromatic heterocycles. The summed E-state index contributed by atoms with van der Waals surface area (Å²) in [7, 11) is 0. The Hall–Kier alpha value is -1.61. The van der Waals surface area contributed by atoms with E-state index in [-0.39, 0.29) is 13.0 Å². The van der Waals surface area contributed by atoms with Crippen molar-refractivity contribution >= 4 is 22.4 Å². The first-order valence-corrected chi connectivity index (χ1v) is 4.85. The average Bonchev–Trinajstić information content (AvgIpc) is 2.64. The second kappa shape index (κ2) is 5.19.